The van der Waals surface area contributed by atoms with Gasteiger partial charge in [0.1, 0.15) is 29.8 Å². The first-order valence-corrected chi connectivity index (χ1v) is 8.19. The summed E-state index contributed by atoms with van der Waals surface area (Å²) in [5, 5.41) is 31.2. The van der Waals surface area contributed by atoms with E-state index in [1.807, 2.05) is 6.92 Å². The topological polar surface area (TPSA) is 85.5 Å². The molecule has 0 bridgehead atoms. The average Bonchev–Trinajstić information content (AvgIpc) is 3.10. The summed E-state index contributed by atoms with van der Waals surface area (Å²) in [6.07, 6.45) is -0.762. The van der Waals surface area contributed by atoms with Crippen LogP contribution < -0.4 is 0 Å². The Morgan fingerprint density at radius 3 is 2.70 bits per heavy atom. The summed E-state index contributed by atoms with van der Waals surface area (Å²) in [7, 11) is 0. The molecule has 0 amide bonds. The van der Waals surface area contributed by atoms with Gasteiger partial charge in [0.15, 0.2) is 5.17 Å². The van der Waals surface area contributed by atoms with Crippen LogP contribution in [0, 0.1) is 0 Å². The van der Waals surface area contributed by atoms with Crippen molar-refractivity contribution in [2.45, 2.75) is 62.1 Å². The molecule has 0 aromatic rings. The van der Waals surface area contributed by atoms with E-state index in [0.717, 1.165) is 31.1 Å². The quantitative estimate of drug-likeness (QED) is 0.653. The van der Waals surface area contributed by atoms with Gasteiger partial charge in [-0.1, -0.05) is 18.7 Å². The molecule has 3 heterocycles. The summed E-state index contributed by atoms with van der Waals surface area (Å²) in [6, 6.07) is -0.439. The number of amidine groups is 1. The molecular formula is C13H22N2O4S. The molecule has 0 radical (unpaired) electrons. The van der Waals surface area contributed by atoms with Crippen molar-refractivity contribution in [1.29, 1.82) is 0 Å². The Labute approximate surface area is 122 Å². The molecule has 0 spiro atoms. The number of hydrogen-bond acceptors (Lipinski definition) is 7. The van der Waals surface area contributed by atoms with Gasteiger partial charge >= 0.3 is 0 Å². The number of fused-ring (bicyclic) bond motifs is 1. The summed E-state index contributed by atoms with van der Waals surface area (Å²) in [4.78, 5) is 6.74. The number of likely N-dealkylation sites (tertiary alicyclic amines) is 1. The number of nitrogens with zero attached hydrogens (tertiary/aromatic N) is 2. The molecule has 3 aliphatic heterocycles. The summed E-state index contributed by atoms with van der Waals surface area (Å²) < 4.78 is 5.80. The van der Waals surface area contributed by atoms with E-state index < -0.39 is 30.5 Å². The molecule has 6 atom stereocenters. The average molecular weight is 302 g/mol. The van der Waals surface area contributed by atoms with Crippen LogP contribution in [0.3, 0.4) is 0 Å². The van der Waals surface area contributed by atoms with Crippen molar-refractivity contribution in [3.63, 3.8) is 0 Å². The number of aliphatic hydroxyl groups is 3. The van der Waals surface area contributed by atoms with E-state index in [9.17, 15) is 15.3 Å². The zero-order chi connectivity index (χ0) is 14.3. The van der Waals surface area contributed by atoms with Crippen molar-refractivity contribution in [1.82, 2.24) is 4.90 Å². The molecular weight excluding hydrogens is 280 g/mol. The second kappa shape index (κ2) is 5.81. The Morgan fingerprint density at radius 2 is 2.05 bits per heavy atom. The highest BCUT2D eigenvalue weighted by Gasteiger charge is 2.50. The Kier molecular flexibility index (Phi) is 4.24. The normalized spacial score (nSPS) is 42.5. The van der Waals surface area contributed by atoms with Crippen molar-refractivity contribution in [2.75, 3.05) is 13.1 Å². The van der Waals surface area contributed by atoms with E-state index in [4.69, 9.17) is 4.74 Å². The molecule has 0 saturated carbocycles. The lowest BCUT2D eigenvalue weighted by Gasteiger charge is -2.40. The van der Waals surface area contributed by atoms with Gasteiger partial charge in [0.2, 0.25) is 0 Å². The second-order valence-corrected chi connectivity index (χ2v) is 6.71. The zero-order valence-corrected chi connectivity index (χ0v) is 12.4. The lowest BCUT2D eigenvalue weighted by Crippen LogP contribution is -2.58. The van der Waals surface area contributed by atoms with E-state index in [1.54, 1.807) is 0 Å². The first-order valence-electron chi connectivity index (χ1n) is 7.31. The Bertz CT molecular complexity index is 389. The summed E-state index contributed by atoms with van der Waals surface area (Å²) in [5.74, 6) is 0. The van der Waals surface area contributed by atoms with Gasteiger partial charge < -0.3 is 25.0 Å². The third-order valence-electron chi connectivity index (χ3n) is 4.26. The predicted octanol–water partition coefficient (Wildman–Crippen LogP) is -0.229. The highest BCUT2D eigenvalue weighted by atomic mass is 32.2. The van der Waals surface area contributed by atoms with Gasteiger partial charge in [-0.05, 0) is 19.3 Å². The third kappa shape index (κ3) is 2.46. The minimum Gasteiger partial charge on any atom is -0.390 e. The number of aliphatic imine (C=N–C) groups is 1. The number of aliphatic hydroxyl groups excluding tert-OH is 3. The summed E-state index contributed by atoms with van der Waals surface area (Å²) >= 11 is 1.50. The fourth-order valence-corrected chi connectivity index (χ4v) is 4.25. The lowest BCUT2D eigenvalue weighted by molar-refractivity contribution is -0.185. The fourth-order valence-electron chi connectivity index (χ4n) is 2.98. The molecule has 20 heavy (non-hydrogen) atoms. The number of ether oxygens (including phenoxy) is 1. The predicted molar refractivity (Wildman–Crippen MR) is 76.6 cm³/mol. The van der Waals surface area contributed by atoms with Gasteiger partial charge in [0.05, 0.1) is 6.10 Å². The van der Waals surface area contributed by atoms with Crippen molar-refractivity contribution in [2.24, 2.45) is 4.99 Å². The summed E-state index contributed by atoms with van der Waals surface area (Å²) in [6.45, 7) is 3.81. The minimum absolute atomic E-state index is 0.310. The van der Waals surface area contributed by atoms with Crippen LogP contribution in [-0.2, 0) is 4.74 Å². The van der Waals surface area contributed by atoms with Crippen LogP contribution in [0.1, 0.15) is 26.2 Å². The summed E-state index contributed by atoms with van der Waals surface area (Å²) in [5.41, 5.74) is -0.310. The molecule has 0 aromatic heterocycles. The molecule has 3 N–H and O–H groups in total. The van der Waals surface area contributed by atoms with Crippen molar-refractivity contribution in [3.05, 3.63) is 0 Å². The van der Waals surface area contributed by atoms with Crippen molar-refractivity contribution >= 4 is 16.9 Å². The van der Waals surface area contributed by atoms with Crippen LogP contribution in [0.2, 0.25) is 0 Å². The number of hydrogen-bond donors (Lipinski definition) is 3. The van der Waals surface area contributed by atoms with Crippen LogP contribution >= 0.6 is 11.8 Å². The number of rotatable bonds is 2. The molecule has 114 valence electrons. The smallest absolute Gasteiger partial charge is 0.162 e. The van der Waals surface area contributed by atoms with Gasteiger partial charge in [0, 0.05) is 13.1 Å². The second-order valence-electron chi connectivity index (χ2n) is 5.64. The molecule has 1 unspecified atom stereocenters. The Balaban J connectivity index is 1.73. The monoisotopic (exact) mass is 302 g/mol. The van der Waals surface area contributed by atoms with Crippen LogP contribution in [0.25, 0.3) is 0 Å². The zero-order valence-electron chi connectivity index (χ0n) is 11.6. The SMILES string of the molecule is CCC(O)[C@H]1O[C@@H]2SC(N3CCCC3)=N[C@@H]2[C@@H](O)[C@@H]1O. The van der Waals surface area contributed by atoms with Gasteiger partial charge in [0.25, 0.3) is 0 Å². The molecule has 3 rings (SSSR count). The molecule has 2 fully saturated rings. The van der Waals surface area contributed by atoms with E-state index in [-0.39, 0.29) is 5.44 Å². The van der Waals surface area contributed by atoms with E-state index in [2.05, 4.69) is 9.89 Å². The molecule has 7 heteroatoms. The van der Waals surface area contributed by atoms with E-state index in [0.29, 0.717) is 6.42 Å². The molecule has 2 saturated heterocycles. The highest BCUT2D eigenvalue weighted by Crippen LogP contribution is 2.39. The Hall–Kier alpha value is -0.340. The van der Waals surface area contributed by atoms with Gasteiger partial charge in [-0.2, -0.15) is 0 Å². The lowest BCUT2D eigenvalue weighted by atomic mass is 9.94. The first kappa shape index (κ1) is 14.6. The fraction of sp³-hybridized carbons (Fsp3) is 0.923. The largest absolute Gasteiger partial charge is 0.390 e. The maximum absolute atomic E-state index is 10.2. The number of thioether (sulfide) groups is 1. The van der Waals surface area contributed by atoms with Crippen LogP contribution in [-0.4, -0.2) is 74.4 Å². The van der Waals surface area contributed by atoms with Crippen LogP contribution in [0.4, 0.5) is 0 Å². The molecule has 0 aromatic carbocycles. The molecule has 6 nitrogen and oxygen atoms in total. The third-order valence-corrected chi connectivity index (χ3v) is 5.46. The molecule has 3 aliphatic rings. The van der Waals surface area contributed by atoms with E-state index in [1.165, 1.54) is 11.8 Å². The Morgan fingerprint density at radius 1 is 1.35 bits per heavy atom. The van der Waals surface area contributed by atoms with Crippen molar-refractivity contribution in [3.8, 4) is 0 Å². The van der Waals surface area contributed by atoms with Gasteiger partial charge in [-0.25, -0.2) is 0 Å². The van der Waals surface area contributed by atoms with E-state index >= 15 is 0 Å². The maximum atomic E-state index is 10.2. The highest BCUT2D eigenvalue weighted by molar-refractivity contribution is 8.14. The molecule has 0 aliphatic carbocycles. The first-order chi connectivity index (χ1) is 9.61. The van der Waals surface area contributed by atoms with Crippen LogP contribution in [0.5, 0.6) is 0 Å². The standard InChI is InChI=1S/C13H22N2O4S/c1-2-7(16)11-10(18)9(17)8-12(19-11)20-13(14-8)15-5-3-4-6-15/h7-12,16-18H,2-6H2,1H3/t7?,8-,9-,10+,11-,12-/m1/s1. The van der Waals surface area contributed by atoms with Gasteiger partial charge in [-0.15, -0.1) is 0 Å². The minimum atomic E-state index is -1.09. The van der Waals surface area contributed by atoms with Crippen LogP contribution in [0.15, 0.2) is 4.99 Å². The maximum Gasteiger partial charge on any atom is 0.162 e. The van der Waals surface area contributed by atoms with Crippen molar-refractivity contribution < 1.29 is 20.1 Å². The van der Waals surface area contributed by atoms with Gasteiger partial charge in [-0.3, -0.25) is 4.99 Å².